The van der Waals surface area contributed by atoms with Gasteiger partial charge in [-0.1, -0.05) is 19.9 Å². The molecule has 0 radical (unpaired) electrons. The second-order valence-corrected chi connectivity index (χ2v) is 7.22. The van der Waals surface area contributed by atoms with Crippen molar-refractivity contribution < 1.29 is 14.3 Å². The van der Waals surface area contributed by atoms with Crippen LogP contribution in [0.3, 0.4) is 0 Å². The van der Waals surface area contributed by atoms with E-state index >= 15 is 0 Å². The highest BCUT2D eigenvalue weighted by Crippen LogP contribution is 2.34. The molecule has 2 N–H and O–H groups in total. The first-order valence-corrected chi connectivity index (χ1v) is 9.18. The summed E-state index contributed by atoms with van der Waals surface area (Å²) in [6, 6.07) is 6.29. The van der Waals surface area contributed by atoms with Crippen LogP contribution >= 0.6 is 0 Å². The van der Waals surface area contributed by atoms with E-state index < -0.39 is 0 Å². The Morgan fingerprint density at radius 1 is 1.32 bits per heavy atom. The maximum absolute atomic E-state index is 12.6. The summed E-state index contributed by atoms with van der Waals surface area (Å²) >= 11 is 0. The molecule has 2 atom stereocenters. The Labute approximate surface area is 149 Å². The first kappa shape index (κ1) is 18.0. The predicted octanol–water partition coefficient (Wildman–Crippen LogP) is 1.56. The van der Waals surface area contributed by atoms with Gasteiger partial charge in [-0.25, -0.2) is 0 Å². The van der Waals surface area contributed by atoms with E-state index in [1.165, 1.54) is 0 Å². The van der Waals surface area contributed by atoms with Crippen LogP contribution in [0.4, 0.5) is 0 Å². The molecule has 1 amide bonds. The number of ether oxygens (including phenoxy) is 2. The first-order valence-electron chi connectivity index (χ1n) is 9.18. The number of rotatable bonds is 5. The van der Waals surface area contributed by atoms with Gasteiger partial charge in [-0.2, -0.15) is 0 Å². The van der Waals surface area contributed by atoms with Gasteiger partial charge in [0.15, 0.2) is 11.5 Å². The highest BCUT2D eigenvalue weighted by Gasteiger charge is 2.24. The third-order valence-corrected chi connectivity index (χ3v) is 4.89. The topological polar surface area (TPSA) is 62.8 Å². The number of amides is 1. The number of hydrogen-bond acceptors (Lipinski definition) is 5. The van der Waals surface area contributed by atoms with Crippen molar-refractivity contribution >= 4 is 5.91 Å². The van der Waals surface area contributed by atoms with Crippen LogP contribution in [0.1, 0.15) is 32.4 Å². The minimum atomic E-state index is -0.0402. The Morgan fingerprint density at radius 2 is 2.08 bits per heavy atom. The summed E-state index contributed by atoms with van der Waals surface area (Å²) in [7, 11) is 0. The largest absolute Gasteiger partial charge is 0.486 e. The lowest BCUT2D eigenvalue weighted by molar-refractivity contribution is -0.124. The summed E-state index contributed by atoms with van der Waals surface area (Å²) in [5.41, 5.74) is 1.06. The SMILES string of the molecule is CC(C)C(NC(=O)CN1CCNC[C@@H]1C)c1ccc2c(c1)OCCO2. The lowest BCUT2D eigenvalue weighted by Crippen LogP contribution is -2.53. The molecule has 0 bridgehead atoms. The van der Waals surface area contributed by atoms with E-state index in [0.717, 1.165) is 36.7 Å². The van der Waals surface area contributed by atoms with Gasteiger partial charge in [0.25, 0.3) is 0 Å². The van der Waals surface area contributed by atoms with Gasteiger partial charge in [0, 0.05) is 25.7 Å². The zero-order valence-electron chi connectivity index (χ0n) is 15.4. The molecule has 1 aromatic carbocycles. The average Bonchev–Trinajstić information content (AvgIpc) is 2.61. The van der Waals surface area contributed by atoms with Crippen molar-refractivity contribution in [2.75, 3.05) is 39.4 Å². The van der Waals surface area contributed by atoms with Crippen LogP contribution in [0.15, 0.2) is 18.2 Å². The fraction of sp³-hybridized carbons (Fsp3) is 0.632. The lowest BCUT2D eigenvalue weighted by atomic mass is 9.95. The Balaban J connectivity index is 1.67. The molecule has 1 unspecified atom stereocenters. The van der Waals surface area contributed by atoms with E-state index in [4.69, 9.17) is 9.47 Å². The van der Waals surface area contributed by atoms with Crippen LogP contribution in [0.5, 0.6) is 11.5 Å². The summed E-state index contributed by atoms with van der Waals surface area (Å²) in [5.74, 6) is 1.90. The fourth-order valence-electron chi connectivity index (χ4n) is 3.41. The van der Waals surface area contributed by atoms with Crippen molar-refractivity contribution in [3.8, 4) is 11.5 Å². The molecule has 1 saturated heterocycles. The molecule has 0 spiro atoms. The van der Waals surface area contributed by atoms with Crippen LogP contribution in [-0.2, 0) is 4.79 Å². The first-order chi connectivity index (χ1) is 12.0. The second-order valence-electron chi connectivity index (χ2n) is 7.22. The number of carbonyl (C=O) groups excluding carboxylic acids is 1. The summed E-state index contributed by atoms with van der Waals surface area (Å²) < 4.78 is 11.3. The van der Waals surface area contributed by atoms with E-state index in [9.17, 15) is 4.79 Å². The molecule has 6 nitrogen and oxygen atoms in total. The lowest BCUT2D eigenvalue weighted by Gasteiger charge is -2.34. The number of piperazine rings is 1. The van der Waals surface area contributed by atoms with Gasteiger partial charge in [0.1, 0.15) is 13.2 Å². The third-order valence-electron chi connectivity index (χ3n) is 4.89. The van der Waals surface area contributed by atoms with Crippen LogP contribution in [0.2, 0.25) is 0 Å². The van der Waals surface area contributed by atoms with Crippen molar-refractivity contribution in [3.63, 3.8) is 0 Å². The maximum Gasteiger partial charge on any atom is 0.234 e. The molecule has 2 heterocycles. The van der Waals surface area contributed by atoms with Gasteiger partial charge in [0.2, 0.25) is 5.91 Å². The zero-order chi connectivity index (χ0) is 17.8. The molecule has 2 aliphatic heterocycles. The summed E-state index contributed by atoms with van der Waals surface area (Å²) in [4.78, 5) is 14.8. The summed E-state index contributed by atoms with van der Waals surface area (Å²) in [5, 5.41) is 6.56. The van der Waals surface area contributed by atoms with E-state index in [0.29, 0.717) is 25.8 Å². The molecule has 0 aromatic heterocycles. The molecule has 1 aromatic rings. The molecule has 3 rings (SSSR count). The zero-order valence-corrected chi connectivity index (χ0v) is 15.4. The number of carbonyl (C=O) groups is 1. The van der Waals surface area contributed by atoms with E-state index in [1.807, 2.05) is 18.2 Å². The van der Waals surface area contributed by atoms with Gasteiger partial charge in [-0.05, 0) is 30.5 Å². The van der Waals surface area contributed by atoms with E-state index in [2.05, 4.69) is 36.3 Å². The minimum absolute atomic E-state index is 0.0402. The van der Waals surface area contributed by atoms with Gasteiger partial charge >= 0.3 is 0 Å². The van der Waals surface area contributed by atoms with Gasteiger partial charge < -0.3 is 20.1 Å². The van der Waals surface area contributed by atoms with Gasteiger partial charge in [-0.15, -0.1) is 0 Å². The number of benzene rings is 1. The van der Waals surface area contributed by atoms with Crippen molar-refractivity contribution in [1.82, 2.24) is 15.5 Å². The molecule has 1 fully saturated rings. The van der Waals surface area contributed by atoms with Crippen LogP contribution in [0, 0.1) is 5.92 Å². The standard InChI is InChI=1S/C19H29N3O3/c1-13(2)19(15-4-5-16-17(10-15)25-9-8-24-16)21-18(23)12-22-7-6-20-11-14(22)3/h4-5,10,13-14,19-20H,6-9,11-12H2,1-3H3,(H,21,23)/t14-,19?/m0/s1. The Bertz CT molecular complexity index is 606. The molecule has 2 aliphatic rings. The number of nitrogens with zero attached hydrogens (tertiary/aromatic N) is 1. The number of fused-ring (bicyclic) bond motifs is 1. The van der Waals surface area contributed by atoms with Crippen LogP contribution in [-0.4, -0.2) is 56.2 Å². The summed E-state index contributed by atoms with van der Waals surface area (Å²) in [6.07, 6.45) is 0. The predicted molar refractivity (Wildman–Crippen MR) is 97.1 cm³/mol. The third kappa shape index (κ3) is 4.44. The molecular weight excluding hydrogens is 318 g/mol. The van der Waals surface area contributed by atoms with Crippen molar-refractivity contribution in [1.29, 1.82) is 0 Å². The second kappa shape index (κ2) is 8.06. The van der Waals surface area contributed by atoms with Crippen molar-refractivity contribution in [3.05, 3.63) is 23.8 Å². The summed E-state index contributed by atoms with van der Waals surface area (Å²) in [6.45, 7) is 10.8. The molecule has 0 aliphatic carbocycles. The molecule has 0 saturated carbocycles. The van der Waals surface area contributed by atoms with Crippen molar-refractivity contribution in [2.45, 2.75) is 32.9 Å². The number of nitrogens with one attached hydrogen (secondary N) is 2. The van der Waals surface area contributed by atoms with E-state index in [-0.39, 0.29) is 17.9 Å². The Hall–Kier alpha value is -1.79. The monoisotopic (exact) mass is 347 g/mol. The van der Waals surface area contributed by atoms with Crippen LogP contribution < -0.4 is 20.1 Å². The van der Waals surface area contributed by atoms with Gasteiger partial charge in [-0.3, -0.25) is 9.69 Å². The maximum atomic E-state index is 12.6. The molecule has 6 heteroatoms. The van der Waals surface area contributed by atoms with Crippen molar-refractivity contribution in [2.24, 2.45) is 5.92 Å². The normalized spacial score (nSPS) is 21.8. The average molecular weight is 347 g/mol. The smallest absolute Gasteiger partial charge is 0.234 e. The highest BCUT2D eigenvalue weighted by atomic mass is 16.6. The molecule has 25 heavy (non-hydrogen) atoms. The minimum Gasteiger partial charge on any atom is -0.486 e. The fourth-order valence-corrected chi connectivity index (χ4v) is 3.41. The highest BCUT2D eigenvalue weighted by molar-refractivity contribution is 5.78. The van der Waals surface area contributed by atoms with E-state index in [1.54, 1.807) is 0 Å². The number of hydrogen-bond donors (Lipinski definition) is 2. The molecular formula is C19H29N3O3. The molecule has 138 valence electrons. The Kier molecular flexibility index (Phi) is 5.81. The Morgan fingerprint density at radius 3 is 2.80 bits per heavy atom. The quantitative estimate of drug-likeness (QED) is 0.846. The van der Waals surface area contributed by atoms with Crippen LogP contribution in [0.25, 0.3) is 0 Å². The van der Waals surface area contributed by atoms with Gasteiger partial charge in [0.05, 0.1) is 12.6 Å².